The number of amides is 1. The van der Waals surface area contributed by atoms with Gasteiger partial charge in [-0.05, 0) is 38.0 Å². The second-order valence-electron chi connectivity index (χ2n) is 4.86. The Morgan fingerprint density at radius 1 is 1.40 bits per heavy atom. The van der Waals surface area contributed by atoms with E-state index in [1.54, 1.807) is 19.1 Å². The molecule has 2 rings (SSSR count). The van der Waals surface area contributed by atoms with Crippen molar-refractivity contribution in [2.45, 2.75) is 25.4 Å². The fourth-order valence-electron chi connectivity index (χ4n) is 2.05. The zero-order valence-corrected chi connectivity index (χ0v) is 11.9. The lowest BCUT2D eigenvalue weighted by Gasteiger charge is -2.22. The molecule has 1 heterocycles. The maximum atomic E-state index is 12.1. The Bertz CT molecular complexity index is 609. The molecule has 7 nitrogen and oxygen atoms in total. The van der Waals surface area contributed by atoms with Crippen molar-refractivity contribution in [1.82, 2.24) is 0 Å². The van der Waals surface area contributed by atoms with Gasteiger partial charge in [-0.25, -0.2) is 5.14 Å². The van der Waals surface area contributed by atoms with Crippen LogP contribution >= 0.6 is 0 Å². The molecule has 1 fully saturated rings. The minimum atomic E-state index is -3.84. The topological polar surface area (TPSA) is 111 Å². The average molecular weight is 299 g/mol. The van der Waals surface area contributed by atoms with Crippen molar-refractivity contribution in [2.24, 2.45) is 5.14 Å². The zero-order valence-electron chi connectivity index (χ0n) is 11.0. The molecule has 1 aromatic rings. The summed E-state index contributed by atoms with van der Waals surface area (Å²) in [6, 6.07) is 6.29. The van der Waals surface area contributed by atoms with Crippen molar-refractivity contribution in [1.29, 1.82) is 0 Å². The first-order chi connectivity index (χ1) is 9.28. The second-order valence-corrected chi connectivity index (χ2v) is 6.16. The van der Waals surface area contributed by atoms with Crippen molar-refractivity contribution >= 4 is 27.5 Å². The Balaban J connectivity index is 2.10. The third kappa shape index (κ3) is 3.69. The standard InChI is InChI=1S/C12H17N3O4S/c1-12(6-3-7-19-12)11(16)14-9-4-2-5-10(8-9)15-20(13,17)18/h2,4-5,8,15H,3,6-7H2,1H3,(H,14,16)(H2,13,17,18). The molecule has 1 aliphatic rings. The van der Waals surface area contributed by atoms with Gasteiger partial charge >= 0.3 is 0 Å². The number of rotatable bonds is 4. The summed E-state index contributed by atoms with van der Waals surface area (Å²) in [5, 5.41) is 7.60. The number of ether oxygens (including phenoxy) is 1. The summed E-state index contributed by atoms with van der Waals surface area (Å²) in [4.78, 5) is 12.1. The lowest BCUT2D eigenvalue weighted by Crippen LogP contribution is -2.39. The van der Waals surface area contributed by atoms with E-state index < -0.39 is 15.8 Å². The summed E-state index contributed by atoms with van der Waals surface area (Å²) in [5.41, 5.74) is -0.0770. The number of benzene rings is 1. The van der Waals surface area contributed by atoms with Crippen LogP contribution in [0.3, 0.4) is 0 Å². The highest BCUT2D eigenvalue weighted by Crippen LogP contribution is 2.27. The van der Waals surface area contributed by atoms with Gasteiger partial charge in [-0.1, -0.05) is 6.07 Å². The molecule has 0 saturated carbocycles. The highest BCUT2D eigenvalue weighted by molar-refractivity contribution is 7.90. The van der Waals surface area contributed by atoms with Gasteiger partial charge in [0.05, 0.1) is 5.69 Å². The van der Waals surface area contributed by atoms with Crippen LogP contribution in [0.4, 0.5) is 11.4 Å². The van der Waals surface area contributed by atoms with Crippen LogP contribution < -0.4 is 15.2 Å². The third-order valence-electron chi connectivity index (χ3n) is 3.08. The number of hydrogen-bond donors (Lipinski definition) is 3. The van der Waals surface area contributed by atoms with E-state index in [0.717, 1.165) is 6.42 Å². The molecule has 4 N–H and O–H groups in total. The molecule has 1 unspecified atom stereocenters. The molecule has 20 heavy (non-hydrogen) atoms. The van der Waals surface area contributed by atoms with Crippen molar-refractivity contribution in [2.75, 3.05) is 16.6 Å². The molecule has 1 saturated heterocycles. The molecule has 0 aromatic heterocycles. The Kier molecular flexibility index (Phi) is 3.98. The van der Waals surface area contributed by atoms with Gasteiger partial charge in [0.2, 0.25) is 0 Å². The van der Waals surface area contributed by atoms with Crippen LogP contribution in [0.2, 0.25) is 0 Å². The summed E-state index contributed by atoms with van der Waals surface area (Å²) in [5.74, 6) is -0.247. The molecule has 0 spiro atoms. The van der Waals surface area contributed by atoms with Gasteiger partial charge in [-0.15, -0.1) is 0 Å². The number of anilines is 2. The van der Waals surface area contributed by atoms with Gasteiger partial charge in [0, 0.05) is 12.3 Å². The van der Waals surface area contributed by atoms with Crippen LogP contribution in [0.25, 0.3) is 0 Å². The zero-order chi connectivity index (χ0) is 14.8. The van der Waals surface area contributed by atoms with Crippen molar-refractivity contribution in [3.05, 3.63) is 24.3 Å². The number of carbonyl (C=O) groups is 1. The van der Waals surface area contributed by atoms with Gasteiger partial charge in [-0.2, -0.15) is 8.42 Å². The quantitative estimate of drug-likeness (QED) is 0.764. The summed E-state index contributed by atoms with van der Waals surface area (Å²) in [6.45, 7) is 2.30. The van der Waals surface area contributed by atoms with E-state index >= 15 is 0 Å². The predicted molar refractivity (Wildman–Crippen MR) is 75.4 cm³/mol. The van der Waals surface area contributed by atoms with E-state index in [1.165, 1.54) is 12.1 Å². The molecule has 0 radical (unpaired) electrons. The van der Waals surface area contributed by atoms with Crippen molar-refractivity contribution in [3.8, 4) is 0 Å². The number of hydrogen-bond acceptors (Lipinski definition) is 4. The first kappa shape index (κ1) is 14.8. The molecule has 1 amide bonds. The van der Waals surface area contributed by atoms with E-state index in [9.17, 15) is 13.2 Å². The van der Waals surface area contributed by atoms with Crippen LogP contribution in [-0.4, -0.2) is 26.5 Å². The van der Waals surface area contributed by atoms with E-state index in [4.69, 9.17) is 9.88 Å². The fraction of sp³-hybridized carbons (Fsp3) is 0.417. The van der Waals surface area contributed by atoms with Crippen LogP contribution in [0.15, 0.2) is 24.3 Å². The smallest absolute Gasteiger partial charge is 0.296 e. The van der Waals surface area contributed by atoms with E-state index in [1.807, 2.05) is 0 Å². The Labute approximate surface area is 117 Å². The number of carbonyl (C=O) groups excluding carboxylic acids is 1. The lowest BCUT2D eigenvalue weighted by atomic mass is 10.0. The molecule has 1 aliphatic heterocycles. The lowest BCUT2D eigenvalue weighted by molar-refractivity contribution is -0.133. The predicted octanol–water partition coefficient (Wildman–Crippen LogP) is 0.810. The molecule has 0 bridgehead atoms. The van der Waals surface area contributed by atoms with E-state index in [0.29, 0.717) is 18.7 Å². The SMILES string of the molecule is CC1(C(=O)Nc2cccc(NS(N)(=O)=O)c2)CCCO1. The first-order valence-corrected chi connectivity index (χ1v) is 7.69. The van der Waals surface area contributed by atoms with Crippen LogP contribution in [-0.2, 0) is 19.7 Å². The van der Waals surface area contributed by atoms with Crippen LogP contribution in [0.1, 0.15) is 19.8 Å². The van der Waals surface area contributed by atoms with Crippen molar-refractivity contribution < 1.29 is 17.9 Å². The van der Waals surface area contributed by atoms with E-state index in [2.05, 4.69) is 10.0 Å². The minimum Gasteiger partial charge on any atom is -0.365 e. The molecule has 0 aliphatic carbocycles. The largest absolute Gasteiger partial charge is 0.365 e. The monoisotopic (exact) mass is 299 g/mol. The van der Waals surface area contributed by atoms with Crippen molar-refractivity contribution in [3.63, 3.8) is 0 Å². The Morgan fingerprint density at radius 3 is 2.70 bits per heavy atom. The number of nitrogens with one attached hydrogen (secondary N) is 2. The number of nitrogens with two attached hydrogens (primary N) is 1. The first-order valence-electron chi connectivity index (χ1n) is 6.15. The Morgan fingerprint density at radius 2 is 2.10 bits per heavy atom. The van der Waals surface area contributed by atoms with Gasteiger partial charge in [0.1, 0.15) is 5.60 Å². The van der Waals surface area contributed by atoms with E-state index in [-0.39, 0.29) is 11.6 Å². The molecular weight excluding hydrogens is 282 g/mol. The van der Waals surface area contributed by atoms with Gasteiger partial charge in [0.15, 0.2) is 0 Å². The summed E-state index contributed by atoms with van der Waals surface area (Å²) in [6.07, 6.45) is 1.50. The summed E-state index contributed by atoms with van der Waals surface area (Å²) in [7, 11) is -3.84. The highest BCUT2D eigenvalue weighted by Gasteiger charge is 2.37. The maximum absolute atomic E-state index is 12.1. The van der Waals surface area contributed by atoms with Gasteiger partial charge in [-0.3, -0.25) is 9.52 Å². The second kappa shape index (κ2) is 5.39. The molecular formula is C12H17N3O4S. The molecule has 1 atom stereocenters. The minimum absolute atomic E-state index is 0.247. The third-order valence-corrected chi connectivity index (χ3v) is 3.60. The summed E-state index contributed by atoms with van der Waals surface area (Å²) >= 11 is 0. The molecule has 8 heteroatoms. The Hall–Kier alpha value is -1.64. The van der Waals surface area contributed by atoms with Gasteiger partial charge < -0.3 is 10.1 Å². The normalized spacial score (nSPS) is 22.5. The summed E-state index contributed by atoms with van der Waals surface area (Å²) < 4.78 is 29.5. The highest BCUT2D eigenvalue weighted by atomic mass is 32.2. The molecule has 110 valence electrons. The molecule has 1 aromatic carbocycles. The van der Waals surface area contributed by atoms with Crippen LogP contribution in [0, 0.1) is 0 Å². The van der Waals surface area contributed by atoms with Gasteiger partial charge in [0.25, 0.3) is 16.1 Å². The fourth-order valence-corrected chi connectivity index (χ4v) is 2.50. The van der Waals surface area contributed by atoms with Crippen LogP contribution in [0.5, 0.6) is 0 Å². The maximum Gasteiger partial charge on any atom is 0.296 e. The average Bonchev–Trinajstić information content (AvgIpc) is 2.76.